The number of para-hydroxylation sites is 1. The third-order valence-corrected chi connectivity index (χ3v) is 8.99. The molecule has 3 unspecified atom stereocenters. The molecule has 34 heavy (non-hydrogen) atoms. The van der Waals surface area contributed by atoms with Crippen molar-refractivity contribution in [2.24, 2.45) is 0 Å². The molecular formula is C31H33FN2. The van der Waals surface area contributed by atoms with Gasteiger partial charge in [0.25, 0.3) is 0 Å². The van der Waals surface area contributed by atoms with E-state index in [0.717, 1.165) is 25.7 Å². The summed E-state index contributed by atoms with van der Waals surface area (Å²) in [4.78, 5) is 6.33. The van der Waals surface area contributed by atoms with Crippen molar-refractivity contribution >= 4 is 10.9 Å². The van der Waals surface area contributed by atoms with E-state index >= 15 is 0 Å². The molecule has 0 radical (unpaired) electrons. The molecular weight excluding hydrogens is 419 g/mol. The maximum absolute atomic E-state index is 14.0. The lowest BCUT2D eigenvalue weighted by Crippen LogP contribution is -2.52. The molecule has 2 aliphatic carbocycles. The lowest BCUT2D eigenvalue weighted by Gasteiger charge is -2.55. The largest absolute Gasteiger partial charge is 0.358 e. The first-order valence-electron chi connectivity index (χ1n) is 12.6. The lowest BCUT2D eigenvalue weighted by molar-refractivity contribution is 0.0403. The number of nitrogens with zero attached hydrogens (tertiary/aromatic N) is 1. The zero-order valence-corrected chi connectivity index (χ0v) is 20.2. The molecule has 0 aliphatic heterocycles. The fraction of sp³-hybridized carbons (Fsp3) is 0.355. The van der Waals surface area contributed by atoms with E-state index in [1.54, 1.807) is 12.1 Å². The van der Waals surface area contributed by atoms with Gasteiger partial charge in [-0.3, -0.25) is 4.90 Å². The van der Waals surface area contributed by atoms with Gasteiger partial charge in [0.15, 0.2) is 0 Å². The van der Waals surface area contributed by atoms with Crippen LogP contribution in [-0.2, 0) is 17.4 Å². The number of hydrogen-bond acceptors (Lipinski definition) is 1. The zero-order valence-electron chi connectivity index (χ0n) is 20.2. The van der Waals surface area contributed by atoms with Crippen LogP contribution < -0.4 is 0 Å². The second-order valence-corrected chi connectivity index (χ2v) is 10.6. The van der Waals surface area contributed by atoms with E-state index in [-0.39, 0.29) is 16.8 Å². The number of nitrogens with one attached hydrogen (secondary N) is 1. The van der Waals surface area contributed by atoms with Crippen molar-refractivity contribution in [3.05, 3.63) is 107 Å². The van der Waals surface area contributed by atoms with Crippen molar-refractivity contribution in [3.63, 3.8) is 0 Å². The van der Waals surface area contributed by atoms with Gasteiger partial charge in [-0.15, -0.1) is 0 Å². The molecule has 1 heterocycles. The van der Waals surface area contributed by atoms with Crippen molar-refractivity contribution in [2.75, 3.05) is 14.1 Å². The van der Waals surface area contributed by atoms with Crippen LogP contribution in [0, 0.1) is 5.82 Å². The second kappa shape index (κ2) is 8.09. The van der Waals surface area contributed by atoms with Gasteiger partial charge in [0.2, 0.25) is 0 Å². The summed E-state index contributed by atoms with van der Waals surface area (Å²) in [7, 11) is 4.45. The SMILES string of the molecule is CN(C)C1(c2ccccc2)CCC2(CCCc3c2[nH]c2ccccc32)C(c2ccc(F)cc2)C1. The highest BCUT2D eigenvalue weighted by Gasteiger charge is 2.54. The summed E-state index contributed by atoms with van der Waals surface area (Å²) in [5.41, 5.74) is 6.83. The molecule has 0 amide bonds. The topological polar surface area (TPSA) is 19.0 Å². The Bertz CT molecular complexity index is 1310. The highest BCUT2D eigenvalue weighted by molar-refractivity contribution is 5.85. The van der Waals surface area contributed by atoms with Crippen LogP contribution in [0.25, 0.3) is 10.9 Å². The maximum atomic E-state index is 14.0. The number of aromatic nitrogens is 1. The van der Waals surface area contributed by atoms with Gasteiger partial charge < -0.3 is 4.98 Å². The van der Waals surface area contributed by atoms with Crippen molar-refractivity contribution in [2.45, 2.75) is 55.4 Å². The first-order chi connectivity index (χ1) is 16.5. The molecule has 3 aromatic carbocycles. The average molecular weight is 453 g/mol. The molecule has 3 heteroatoms. The number of aromatic amines is 1. The molecule has 1 spiro atoms. The van der Waals surface area contributed by atoms with E-state index < -0.39 is 0 Å². The van der Waals surface area contributed by atoms with Crippen molar-refractivity contribution < 1.29 is 4.39 Å². The Balaban J connectivity index is 1.55. The number of rotatable bonds is 3. The number of H-pyrrole nitrogens is 1. The molecule has 1 aromatic heterocycles. The van der Waals surface area contributed by atoms with E-state index in [1.165, 1.54) is 46.1 Å². The van der Waals surface area contributed by atoms with Crippen molar-refractivity contribution in [1.82, 2.24) is 9.88 Å². The lowest BCUT2D eigenvalue weighted by atomic mass is 9.53. The molecule has 0 saturated heterocycles. The van der Waals surface area contributed by atoms with Gasteiger partial charge in [-0.2, -0.15) is 0 Å². The van der Waals surface area contributed by atoms with Gasteiger partial charge in [0, 0.05) is 27.6 Å². The molecule has 174 valence electrons. The smallest absolute Gasteiger partial charge is 0.123 e. The summed E-state index contributed by atoms with van der Waals surface area (Å²) < 4.78 is 14.0. The standard InChI is InChI=1S/C31H33FN2/c1-34(2)31(23-9-4-3-5-10-23)20-19-30(27(21-31)22-14-16-24(32)17-15-22)18-8-12-26-25-11-6-7-13-28(25)33-29(26)30/h3-7,9-11,13-17,27,33H,8,12,18-21H2,1-2H3. The number of hydrogen-bond donors (Lipinski definition) is 1. The van der Waals surface area contributed by atoms with Crippen molar-refractivity contribution in [1.29, 1.82) is 0 Å². The molecule has 1 N–H and O–H groups in total. The van der Waals surface area contributed by atoms with Crippen LogP contribution in [-0.4, -0.2) is 24.0 Å². The second-order valence-electron chi connectivity index (χ2n) is 10.6. The fourth-order valence-corrected chi connectivity index (χ4v) is 7.23. The number of halogens is 1. The molecule has 2 aliphatic rings. The third kappa shape index (κ3) is 3.17. The molecule has 1 saturated carbocycles. The van der Waals surface area contributed by atoms with Crippen LogP contribution in [0.5, 0.6) is 0 Å². The van der Waals surface area contributed by atoms with E-state index in [2.05, 4.69) is 78.6 Å². The van der Waals surface area contributed by atoms with Crippen LogP contribution in [0.1, 0.15) is 60.4 Å². The maximum Gasteiger partial charge on any atom is 0.123 e. The molecule has 2 nitrogen and oxygen atoms in total. The summed E-state index contributed by atoms with van der Waals surface area (Å²) in [6.45, 7) is 0. The monoisotopic (exact) mass is 452 g/mol. The predicted octanol–water partition coefficient (Wildman–Crippen LogP) is 7.31. The van der Waals surface area contributed by atoms with Crippen LogP contribution in [0.2, 0.25) is 0 Å². The van der Waals surface area contributed by atoms with Gasteiger partial charge in [-0.25, -0.2) is 4.39 Å². The number of aryl methyl sites for hydroxylation is 1. The third-order valence-electron chi connectivity index (χ3n) is 8.99. The van der Waals surface area contributed by atoms with Gasteiger partial charge in [0.05, 0.1) is 0 Å². The molecule has 1 fully saturated rings. The Morgan fingerprint density at radius 2 is 1.59 bits per heavy atom. The molecule has 3 atom stereocenters. The Hall–Kier alpha value is -2.91. The predicted molar refractivity (Wildman–Crippen MR) is 138 cm³/mol. The van der Waals surface area contributed by atoms with Gasteiger partial charge in [0.1, 0.15) is 5.82 Å². The van der Waals surface area contributed by atoms with E-state index in [9.17, 15) is 4.39 Å². The van der Waals surface area contributed by atoms with Crippen LogP contribution in [0.4, 0.5) is 4.39 Å². The average Bonchev–Trinajstić information content (AvgIpc) is 3.26. The molecule has 6 rings (SSSR count). The summed E-state index contributed by atoms with van der Waals surface area (Å²) in [6, 6.07) is 27.1. The molecule has 0 bridgehead atoms. The van der Waals surface area contributed by atoms with Crippen LogP contribution in [0.3, 0.4) is 0 Å². The fourth-order valence-electron chi connectivity index (χ4n) is 7.23. The Kier molecular flexibility index (Phi) is 5.14. The Labute approximate surface area is 201 Å². The zero-order chi connectivity index (χ0) is 23.3. The quantitative estimate of drug-likeness (QED) is 0.345. The number of benzene rings is 3. The van der Waals surface area contributed by atoms with Gasteiger partial charge >= 0.3 is 0 Å². The highest BCUT2D eigenvalue weighted by Crippen LogP contribution is 2.60. The Morgan fingerprint density at radius 3 is 2.35 bits per heavy atom. The normalized spacial score (nSPS) is 26.8. The molecule has 4 aromatic rings. The minimum Gasteiger partial charge on any atom is -0.358 e. The first-order valence-corrected chi connectivity index (χ1v) is 12.6. The van der Waals surface area contributed by atoms with Crippen molar-refractivity contribution in [3.8, 4) is 0 Å². The summed E-state index contributed by atoms with van der Waals surface area (Å²) >= 11 is 0. The number of fused-ring (bicyclic) bond motifs is 4. The van der Waals surface area contributed by atoms with E-state index in [0.29, 0.717) is 5.92 Å². The summed E-state index contributed by atoms with van der Waals surface area (Å²) in [6.07, 6.45) is 6.75. The Morgan fingerprint density at radius 1 is 0.853 bits per heavy atom. The first kappa shape index (κ1) is 21.6. The van der Waals surface area contributed by atoms with Gasteiger partial charge in [-0.05, 0) is 93.4 Å². The summed E-state index contributed by atoms with van der Waals surface area (Å²) in [5, 5.41) is 1.38. The van der Waals surface area contributed by atoms with E-state index in [1.807, 2.05) is 12.1 Å². The van der Waals surface area contributed by atoms with Gasteiger partial charge in [-0.1, -0.05) is 60.7 Å². The van der Waals surface area contributed by atoms with Crippen LogP contribution >= 0.6 is 0 Å². The minimum absolute atomic E-state index is 0.0404. The summed E-state index contributed by atoms with van der Waals surface area (Å²) in [5.74, 6) is 0.141. The minimum atomic E-state index is -0.162. The van der Waals surface area contributed by atoms with Crippen LogP contribution in [0.15, 0.2) is 78.9 Å². The van der Waals surface area contributed by atoms with E-state index in [4.69, 9.17) is 0 Å². The highest BCUT2D eigenvalue weighted by atomic mass is 19.1.